The van der Waals surface area contributed by atoms with Gasteiger partial charge in [-0.2, -0.15) is 13.2 Å². The van der Waals surface area contributed by atoms with E-state index in [1.807, 2.05) is 12.1 Å². The van der Waals surface area contributed by atoms with Gasteiger partial charge in [-0.3, -0.25) is 9.78 Å². The maximum absolute atomic E-state index is 13.3. The number of allylic oxidation sites excluding steroid dienone is 1. The van der Waals surface area contributed by atoms with Crippen molar-refractivity contribution in [2.75, 3.05) is 5.32 Å². The Bertz CT molecular complexity index is 783. The third-order valence-corrected chi connectivity index (χ3v) is 3.77. The van der Waals surface area contributed by atoms with E-state index >= 15 is 0 Å². The first-order chi connectivity index (χ1) is 12.3. The number of amides is 1. The van der Waals surface area contributed by atoms with Crippen LogP contribution >= 0.6 is 0 Å². The van der Waals surface area contributed by atoms with Crippen LogP contribution in [-0.4, -0.2) is 10.9 Å². The number of rotatable bonds is 6. The summed E-state index contributed by atoms with van der Waals surface area (Å²) in [6.07, 6.45) is 3.31. The van der Waals surface area contributed by atoms with Crippen LogP contribution in [0.4, 0.5) is 18.9 Å². The Morgan fingerprint density at radius 1 is 1.23 bits per heavy atom. The highest BCUT2D eigenvalue weighted by Crippen LogP contribution is 2.35. The van der Waals surface area contributed by atoms with Gasteiger partial charge in [0.1, 0.15) is 0 Å². The molecular weight excluding hydrogens is 341 g/mol. The summed E-state index contributed by atoms with van der Waals surface area (Å²) in [4.78, 5) is 15.4. The first-order valence-electron chi connectivity index (χ1n) is 8.42. The average molecular weight is 362 g/mol. The first-order valence-corrected chi connectivity index (χ1v) is 8.42. The molecule has 3 nitrogen and oxygen atoms in total. The van der Waals surface area contributed by atoms with Gasteiger partial charge >= 0.3 is 6.18 Å². The van der Waals surface area contributed by atoms with Gasteiger partial charge in [0.2, 0.25) is 5.91 Å². The molecule has 0 saturated carbocycles. The number of carbonyl (C=O) groups is 1. The molecule has 0 aliphatic carbocycles. The molecular formula is C20H21F3N2O. The fraction of sp³-hybridized carbons (Fsp3) is 0.300. The van der Waals surface area contributed by atoms with E-state index in [0.29, 0.717) is 11.1 Å². The fourth-order valence-corrected chi connectivity index (χ4v) is 2.60. The Morgan fingerprint density at radius 3 is 2.58 bits per heavy atom. The molecule has 1 aromatic carbocycles. The zero-order valence-electron chi connectivity index (χ0n) is 14.7. The molecule has 0 atom stereocenters. The third-order valence-electron chi connectivity index (χ3n) is 3.77. The van der Waals surface area contributed by atoms with E-state index < -0.39 is 17.6 Å². The highest BCUT2D eigenvalue weighted by Gasteiger charge is 2.31. The van der Waals surface area contributed by atoms with Crippen LogP contribution in [-0.2, 0) is 11.0 Å². The zero-order chi connectivity index (χ0) is 19.2. The van der Waals surface area contributed by atoms with E-state index in [-0.39, 0.29) is 5.69 Å². The summed E-state index contributed by atoms with van der Waals surface area (Å²) >= 11 is 0. The van der Waals surface area contributed by atoms with E-state index in [1.165, 1.54) is 6.92 Å². The predicted molar refractivity (Wildman–Crippen MR) is 96.6 cm³/mol. The van der Waals surface area contributed by atoms with E-state index in [1.54, 1.807) is 24.5 Å². The van der Waals surface area contributed by atoms with Crippen molar-refractivity contribution in [1.82, 2.24) is 4.98 Å². The number of nitrogens with zero attached hydrogens (tertiary/aromatic N) is 1. The molecule has 0 bridgehead atoms. The summed E-state index contributed by atoms with van der Waals surface area (Å²) in [6, 6.07) is 7.16. The molecule has 0 saturated heterocycles. The van der Waals surface area contributed by atoms with Crippen LogP contribution in [0.5, 0.6) is 0 Å². The fourth-order valence-electron chi connectivity index (χ4n) is 2.60. The molecule has 1 N–H and O–H groups in total. The molecule has 0 aliphatic heterocycles. The van der Waals surface area contributed by atoms with Crippen molar-refractivity contribution >= 4 is 17.2 Å². The SMILES string of the molecule is CCCCC=C(c1cccnc1)c1cc(NC(C)=O)cc(C(F)(F)F)c1. The monoisotopic (exact) mass is 362 g/mol. The summed E-state index contributed by atoms with van der Waals surface area (Å²) in [5, 5.41) is 2.45. The lowest BCUT2D eigenvalue weighted by molar-refractivity contribution is -0.137. The van der Waals surface area contributed by atoms with Gasteiger partial charge in [0.15, 0.2) is 0 Å². The van der Waals surface area contributed by atoms with E-state index in [9.17, 15) is 18.0 Å². The number of alkyl halides is 3. The summed E-state index contributed by atoms with van der Waals surface area (Å²) in [5.74, 6) is -0.423. The highest BCUT2D eigenvalue weighted by molar-refractivity contribution is 5.90. The van der Waals surface area contributed by atoms with Crippen molar-refractivity contribution in [2.24, 2.45) is 0 Å². The second kappa shape index (κ2) is 8.65. The van der Waals surface area contributed by atoms with Crippen LogP contribution in [0.2, 0.25) is 0 Å². The van der Waals surface area contributed by atoms with Crippen molar-refractivity contribution < 1.29 is 18.0 Å². The van der Waals surface area contributed by atoms with Crippen molar-refractivity contribution in [2.45, 2.75) is 39.3 Å². The lowest BCUT2D eigenvalue weighted by Gasteiger charge is -2.15. The molecule has 0 aliphatic rings. The maximum Gasteiger partial charge on any atom is 0.416 e. The molecule has 0 radical (unpaired) electrons. The minimum absolute atomic E-state index is 0.118. The molecule has 0 unspecified atom stereocenters. The van der Waals surface area contributed by atoms with Gasteiger partial charge in [-0.25, -0.2) is 0 Å². The van der Waals surface area contributed by atoms with Crippen LogP contribution in [0.1, 0.15) is 49.8 Å². The summed E-state index contributed by atoms with van der Waals surface area (Å²) < 4.78 is 39.9. The Hall–Kier alpha value is -2.63. The number of pyridine rings is 1. The standard InChI is InChI=1S/C20H21F3N2O/c1-3-4-5-8-19(15-7-6-9-24-13-15)16-10-17(20(21,22)23)12-18(11-16)25-14(2)26/h6-13H,3-5H2,1-2H3,(H,25,26). The van der Waals surface area contributed by atoms with Crippen LogP contribution in [0.25, 0.3) is 5.57 Å². The second-order valence-electron chi connectivity index (χ2n) is 5.98. The molecule has 2 aromatic rings. The van der Waals surface area contributed by atoms with E-state index in [2.05, 4.69) is 17.2 Å². The minimum atomic E-state index is -4.51. The van der Waals surface area contributed by atoms with Gasteiger partial charge in [0.25, 0.3) is 0 Å². The van der Waals surface area contributed by atoms with Gasteiger partial charge in [0, 0.05) is 30.6 Å². The normalized spacial score (nSPS) is 12.1. The van der Waals surface area contributed by atoms with Crippen LogP contribution in [0, 0.1) is 0 Å². The molecule has 1 heterocycles. The number of unbranched alkanes of at least 4 members (excludes halogenated alkanes) is 2. The predicted octanol–water partition coefficient (Wildman–Crippen LogP) is 5.68. The van der Waals surface area contributed by atoms with Crippen molar-refractivity contribution in [3.63, 3.8) is 0 Å². The number of hydrogen-bond donors (Lipinski definition) is 1. The zero-order valence-corrected chi connectivity index (χ0v) is 14.7. The number of benzene rings is 1. The average Bonchev–Trinajstić information content (AvgIpc) is 2.58. The smallest absolute Gasteiger partial charge is 0.326 e. The molecule has 0 spiro atoms. The highest BCUT2D eigenvalue weighted by atomic mass is 19.4. The summed E-state index contributed by atoms with van der Waals surface area (Å²) in [5.41, 5.74) is 1.12. The number of aromatic nitrogens is 1. The Balaban J connectivity index is 2.58. The van der Waals surface area contributed by atoms with Gasteiger partial charge in [-0.1, -0.05) is 31.9 Å². The Labute approximate surface area is 151 Å². The Morgan fingerprint density at radius 2 is 2.00 bits per heavy atom. The van der Waals surface area contributed by atoms with Crippen molar-refractivity contribution in [3.8, 4) is 0 Å². The second-order valence-corrected chi connectivity index (χ2v) is 5.98. The number of hydrogen-bond acceptors (Lipinski definition) is 2. The maximum atomic E-state index is 13.3. The van der Waals surface area contributed by atoms with E-state index in [4.69, 9.17) is 0 Å². The molecule has 2 rings (SSSR count). The lowest BCUT2D eigenvalue weighted by Crippen LogP contribution is -2.10. The molecule has 26 heavy (non-hydrogen) atoms. The topological polar surface area (TPSA) is 42.0 Å². The Kier molecular flexibility index (Phi) is 6.55. The number of anilines is 1. The molecule has 1 amide bonds. The first kappa shape index (κ1) is 19.7. The van der Waals surface area contributed by atoms with Gasteiger partial charge < -0.3 is 5.32 Å². The van der Waals surface area contributed by atoms with Crippen LogP contribution in [0.3, 0.4) is 0 Å². The number of carbonyl (C=O) groups excluding carboxylic acids is 1. The van der Waals surface area contributed by atoms with Gasteiger partial charge in [-0.15, -0.1) is 0 Å². The molecule has 6 heteroatoms. The molecule has 0 fully saturated rings. The minimum Gasteiger partial charge on any atom is -0.326 e. The number of nitrogens with one attached hydrogen (secondary N) is 1. The van der Waals surface area contributed by atoms with Crippen molar-refractivity contribution in [1.29, 1.82) is 0 Å². The number of halogens is 3. The quantitative estimate of drug-likeness (QED) is 0.672. The lowest BCUT2D eigenvalue weighted by atomic mass is 9.95. The largest absolute Gasteiger partial charge is 0.416 e. The van der Waals surface area contributed by atoms with Gasteiger partial charge in [0.05, 0.1) is 5.56 Å². The van der Waals surface area contributed by atoms with Crippen LogP contribution in [0.15, 0.2) is 48.8 Å². The van der Waals surface area contributed by atoms with Gasteiger partial charge in [-0.05, 0) is 41.8 Å². The van der Waals surface area contributed by atoms with E-state index in [0.717, 1.165) is 37.0 Å². The van der Waals surface area contributed by atoms with Crippen molar-refractivity contribution in [3.05, 3.63) is 65.5 Å². The summed E-state index contributed by atoms with van der Waals surface area (Å²) in [7, 11) is 0. The summed E-state index contributed by atoms with van der Waals surface area (Å²) in [6.45, 7) is 3.32. The third kappa shape index (κ3) is 5.44. The molecule has 138 valence electrons. The molecule has 1 aromatic heterocycles. The van der Waals surface area contributed by atoms with Crippen LogP contribution < -0.4 is 5.32 Å².